The lowest BCUT2D eigenvalue weighted by molar-refractivity contribution is 0.367. The zero-order valence-electron chi connectivity index (χ0n) is 12.1. The van der Waals surface area contributed by atoms with Crippen LogP contribution >= 0.6 is 11.3 Å². The molecular formula is C15H19NO3S. The fourth-order valence-electron chi connectivity index (χ4n) is 2.10. The Morgan fingerprint density at radius 3 is 2.00 bits per heavy atom. The van der Waals surface area contributed by atoms with Crippen molar-refractivity contribution in [1.82, 2.24) is 0 Å². The number of ether oxygens (including phenoxy) is 3. The number of hydrogen-bond donors (Lipinski definition) is 1. The molecule has 2 N–H and O–H groups in total. The minimum Gasteiger partial charge on any atom is -0.496 e. The van der Waals surface area contributed by atoms with E-state index >= 15 is 0 Å². The summed E-state index contributed by atoms with van der Waals surface area (Å²) in [5.74, 6) is 2.01. The maximum absolute atomic E-state index is 6.38. The Morgan fingerprint density at radius 2 is 1.60 bits per heavy atom. The summed E-state index contributed by atoms with van der Waals surface area (Å²) in [6, 6.07) is 7.44. The summed E-state index contributed by atoms with van der Waals surface area (Å²) in [7, 11) is 4.84. The number of methoxy groups -OCH3 is 3. The van der Waals surface area contributed by atoms with Crippen LogP contribution in [0.3, 0.4) is 0 Å². The van der Waals surface area contributed by atoms with Gasteiger partial charge in [-0.15, -0.1) is 11.3 Å². The van der Waals surface area contributed by atoms with E-state index in [1.54, 1.807) is 32.7 Å². The molecule has 5 heteroatoms. The molecule has 1 atom stereocenters. The van der Waals surface area contributed by atoms with Crippen molar-refractivity contribution in [3.05, 3.63) is 39.6 Å². The highest BCUT2D eigenvalue weighted by Gasteiger charge is 2.22. The smallest absolute Gasteiger partial charge is 0.131 e. The average Bonchev–Trinajstić information content (AvgIpc) is 2.91. The van der Waals surface area contributed by atoms with Crippen LogP contribution in [-0.2, 0) is 0 Å². The summed E-state index contributed by atoms with van der Waals surface area (Å²) in [4.78, 5) is 2.30. The van der Waals surface area contributed by atoms with E-state index in [0.717, 1.165) is 10.4 Å². The summed E-state index contributed by atoms with van der Waals surface area (Å²) in [5.41, 5.74) is 7.21. The summed E-state index contributed by atoms with van der Waals surface area (Å²) < 4.78 is 16.1. The normalized spacial score (nSPS) is 12.1. The van der Waals surface area contributed by atoms with Crippen LogP contribution in [0.15, 0.2) is 24.3 Å². The molecule has 0 bridgehead atoms. The lowest BCUT2D eigenvalue weighted by Gasteiger charge is -2.19. The van der Waals surface area contributed by atoms with Gasteiger partial charge < -0.3 is 19.9 Å². The van der Waals surface area contributed by atoms with E-state index in [9.17, 15) is 0 Å². The number of thiophene rings is 1. The highest BCUT2D eigenvalue weighted by Crippen LogP contribution is 2.40. The topological polar surface area (TPSA) is 53.7 Å². The van der Waals surface area contributed by atoms with E-state index in [4.69, 9.17) is 19.9 Å². The number of benzene rings is 1. The van der Waals surface area contributed by atoms with Crippen molar-refractivity contribution in [3.63, 3.8) is 0 Å². The van der Waals surface area contributed by atoms with Crippen LogP contribution in [0, 0.1) is 6.92 Å². The summed E-state index contributed by atoms with van der Waals surface area (Å²) in [6.07, 6.45) is 0. The number of aryl methyl sites for hydroxylation is 1. The van der Waals surface area contributed by atoms with Gasteiger partial charge >= 0.3 is 0 Å². The molecule has 0 aliphatic rings. The summed E-state index contributed by atoms with van der Waals surface area (Å²) in [5, 5.41) is 0. The van der Waals surface area contributed by atoms with Crippen molar-refractivity contribution >= 4 is 11.3 Å². The number of hydrogen-bond acceptors (Lipinski definition) is 5. The fourth-order valence-corrected chi connectivity index (χ4v) is 2.99. The Morgan fingerprint density at radius 1 is 1.00 bits per heavy atom. The summed E-state index contributed by atoms with van der Waals surface area (Å²) >= 11 is 1.67. The maximum atomic E-state index is 6.38. The molecule has 4 nitrogen and oxygen atoms in total. The van der Waals surface area contributed by atoms with Crippen LogP contribution in [-0.4, -0.2) is 21.3 Å². The average molecular weight is 293 g/mol. The van der Waals surface area contributed by atoms with Gasteiger partial charge in [-0.25, -0.2) is 0 Å². The van der Waals surface area contributed by atoms with Gasteiger partial charge in [0, 0.05) is 21.9 Å². The number of nitrogens with two attached hydrogens (primary N) is 1. The SMILES string of the molecule is COc1cc(OC)c(C(N)c2ccc(C)s2)c(OC)c1. The molecule has 0 aliphatic carbocycles. The molecule has 1 unspecified atom stereocenters. The van der Waals surface area contributed by atoms with Crippen LogP contribution in [0.1, 0.15) is 21.4 Å². The minimum atomic E-state index is -0.287. The van der Waals surface area contributed by atoms with Gasteiger partial charge in [0.15, 0.2) is 0 Å². The highest BCUT2D eigenvalue weighted by molar-refractivity contribution is 7.12. The first kappa shape index (κ1) is 14.7. The molecule has 20 heavy (non-hydrogen) atoms. The standard InChI is InChI=1S/C15H19NO3S/c1-9-5-6-13(20-9)15(16)14-11(18-3)7-10(17-2)8-12(14)19-4/h5-8,15H,16H2,1-4H3. The first-order chi connectivity index (χ1) is 9.60. The predicted octanol–water partition coefficient (Wildman–Crippen LogP) is 3.13. The van der Waals surface area contributed by atoms with E-state index in [1.165, 1.54) is 4.88 Å². The van der Waals surface area contributed by atoms with Crippen molar-refractivity contribution in [2.75, 3.05) is 21.3 Å². The molecule has 1 aromatic carbocycles. The van der Waals surface area contributed by atoms with Gasteiger partial charge in [-0.3, -0.25) is 0 Å². The molecule has 2 rings (SSSR count). The lowest BCUT2D eigenvalue weighted by Crippen LogP contribution is -2.13. The first-order valence-electron chi connectivity index (χ1n) is 6.22. The van der Waals surface area contributed by atoms with Crippen molar-refractivity contribution in [1.29, 1.82) is 0 Å². The molecule has 0 radical (unpaired) electrons. The van der Waals surface area contributed by atoms with Crippen molar-refractivity contribution in [3.8, 4) is 17.2 Å². The van der Waals surface area contributed by atoms with Gasteiger partial charge in [0.25, 0.3) is 0 Å². The van der Waals surface area contributed by atoms with Gasteiger partial charge in [0.05, 0.1) is 32.9 Å². The second kappa shape index (κ2) is 6.15. The third-order valence-electron chi connectivity index (χ3n) is 3.13. The molecule has 0 saturated carbocycles. The third-order valence-corrected chi connectivity index (χ3v) is 4.22. The highest BCUT2D eigenvalue weighted by atomic mass is 32.1. The Kier molecular flexibility index (Phi) is 4.52. The predicted molar refractivity (Wildman–Crippen MR) is 81.2 cm³/mol. The Balaban J connectivity index is 2.53. The van der Waals surface area contributed by atoms with Gasteiger partial charge in [0.1, 0.15) is 17.2 Å². The second-order valence-corrected chi connectivity index (χ2v) is 5.69. The quantitative estimate of drug-likeness (QED) is 0.920. The molecule has 0 saturated heterocycles. The number of rotatable bonds is 5. The van der Waals surface area contributed by atoms with E-state index in [-0.39, 0.29) is 6.04 Å². The van der Waals surface area contributed by atoms with Gasteiger partial charge in [-0.2, -0.15) is 0 Å². The molecule has 0 fully saturated rings. The van der Waals surface area contributed by atoms with E-state index < -0.39 is 0 Å². The maximum Gasteiger partial charge on any atom is 0.131 e. The Hall–Kier alpha value is -1.72. The van der Waals surface area contributed by atoms with E-state index in [2.05, 4.69) is 13.0 Å². The third kappa shape index (κ3) is 2.73. The lowest BCUT2D eigenvalue weighted by atomic mass is 10.0. The van der Waals surface area contributed by atoms with Crippen LogP contribution in [0.2, 0.25) is 0 Å². The first-order valence-corrected chi connectivity index (χ1v) is 7.04. The molecule has 1 aromatic heterocycles. The van der Waals surface area contributed by atoms with Crippen molar-refractivity contribution in [2.45, 2.75) is 13.0 Å². The van der Waals surface area contributed by atoms with Crippen molar-refractivity contribution < 1.29 is 14.2 Å². The van der Waals surface area contributed by atoms with Gasteiger partial charge in [-0.1, -0.05) is 0 Å². The second-order valence-electron chi connectivity index (χ2n) is 4.37. The molecular weight excluding hydrogens is 274 g/mol. The minimum absolute atomic E-state index is 0.287. The van der Waals surface area contributed by atoms with E-state index in [0.29, 0.717) is 17.2 Å². The fraction of sp³-hybridized carbons (Fsp3) is 0.333. The van der Waals surface area contributed by atoms with Crippen LogP contribution < -0.4 is 19.9 Å². The zero-order valence-corrected chi connectivity index (χ0v) is 12.9. The van der Waals surface area contributed by atoms with Gasteiger partial charge in [0.2, 0.25) is 0 Å². The van der Waals surface area contributed by atoms with Crippen molar-refractivity contribution in [2.24, 2.45) is 5.73 Å². The molecule has 1 heterocycles. The van der Waals surface area contributed by atoms with Crippen LogP contribution in [0.4, 0.5) is 0 Å². The molecule has 108 valence electrons. The largest absolute Gasteiger partial charge is 0.496 e. The van der Waals surface area contributed by atoms with Gasteiger partial charge in [-0.05, 0) is 19.1 Å². The zero-order chi connectivity index (χ0) is 14.7. The van der Waals surface area contributed by atoms with E-state index in [1.807, 2.05) is 18.2 Å². The Labute approximate surface area is 123 Å². The van der Waals surface area contributed by atoms with Crippen LogP contribution in [0.5, 0.6) is 17.2 Å². The molecule has 0 spiro atoms. The molecule has 0 aliphatic heterocycles. The molecule has 2 aromatic rings. The summed E-state index contributed by atoms with van der Waals surface area (Å²) in [6.45, 7) is 2.06. The van der Waals surface area contributed by atoms with Crippen LogP contribution in [0.25, 0.3) is 0 Å². The molecule has 0 amide bonds. The Bertz CT molecular complexity index is 570. The monoisotopic (exact) mass is 293 g/mol.